The molecule has 6 rings (SSSR count). The number of carbonyl (C=O) groups excluding carboxylic acids is 2. The summed E-state index contributed by atoms with van der Waals surface area (Å²) in [5.74, 6) is 1.19. The highest BCUT2D eigenvalue weighted by atomic mass is 16.5. The quantitative estimate of drug-likeness (QED) is 0.249. The van der Waals surface area contributed by atoms with Crippen LogP contribution in [-0.4, -0.2) is 18.4 Å². The summed E-state index contributed by atoms with van der Waals surface area (Å²) < 4.78 is 12.1. The van der Waals surface area contributed by atoms with E-state index in [4.69, 9.17) is 9.15 Å². The third kappa shape index (κ3) is 4.86. The zero-order chi connectivity index (χ0) is 27.1. The van der Waals surface area contributed by atoms with Gasteiger partial charge in [0.2, 0.25) is 11.8 Å². The molecule has 6 heteroatoms. The summed E-state index contributed by atoms with van der Waals surface area (Å²) in [4.78, 5) is 27.6. The predicted octanol–water partition coefficient (Wildman–Crippen LogP) is 7.80. The van der Waals surface area contributed by atoms with Crippen LogP contribution in [0.25, 0.3) is 21.9 Å². The Labute approximate surface area is 227 Å². The number of amides is 2. The van der Waals surface area contributed by atoms with Gasteiger partial charge in [0.25, 0.3) is 0 Å². The number of rotatable bonds is 6. The van der Waals surface area contributed by atoms with E-state index in [0.29, 0.717) is 29.5 Å². The summed E-state index contributed by atoms with van der Waals surface area (Å²) in [7, 11) is 0. The number of fused-ring (bicyclic) bond motifs is 3. The molecule has 196 valence electrons. The normalized spacial score (nSPS) is 15.4. The van der Waals surface area contributed by atoms with E-state index in [1.165, 1.54) is 0 Å². The minimum Gasteiger partial charge on any atom is -0.457 e. The molecular weight excluding hydrogens is 488 g/mol. The van der Waals surface area contributed by atoms with Crippen LogP contribution >= 0.6 is 0 Å². The number of aryl methyl sites for hydroxylation is 1. The predicted molar refractivity (Wildman–Crippen MR) is 155 cm³/mol. The van der Waals surface area contributed by atoms with Crippen LogP contribution in [0.5, 0.6) is 11.5 Å². The fraction of sp³-hybridized carbons (Fsp3) is 0.212. The first-order valence-corrected chi connectivity index (χ1v) is 13.3. The lowest BCUT2D eigenvalue weighted by Gasteiger charge is -2.18. The zero-order valence-corrected chi connectivity index (χ0v) is 22.2. The van der Waals surface area contributed by atoms with Crippen molar-refractivity contribution in [2.24, 2.45) is 5.92 Å². The molecule has 4 aromatic carbocycles. The number of furan rings is 1. The molecule has 1 aromatic heterocycles. The van der Waals surface area contributed by atoms with Crippen LogP contribution in [0.3, 0.4) is 0 Å². The molecule has 0 saturated carbocycles. The second-order valence-corrected chi connectivity index (χ2v) is 10.5. The maximum Gasteiger partial charge on any atom is 0.229 e. The molecule has 1 N–H and O–H groups in total. The summed E-state index contributed by atoms with van der Waals surface area (Å²) >= 11 is 0. The lowest BCUT2D eigenvalue weighted by molar-refractivity contribution is -0.122. The Morgan fingerprint density at radius 1 is 0.949 bits per heavy atom. The Bertz CT molecular complexity index is 1700. The van der Waals surface area contributed by atoms with E-state index in [9.17, 15) is 9.59 Å². The number of nitrogens with one attached hydrogen (secondary N) is 1. The molecule has 0 spiro atoms. The van der Waals surface area contributed by atoms with Crippen LogP contribution in [0.15, 0.2) is 89.3 Å². The average Bonchev–Trinajstić information content (AvgIpc) is 3.49. The molecule has 5 aromatic rings. The van der Waals surface area contributed by atoms with Crippen LogP contribution < -0.4 is 15.0 Å². The Kier molecular flexibility index (Phi) is 6.31. The van der Waals surface area contributed by atoms with E-state index in [1.807, 2.05) is 79.7 Å². The van der Waals surface area contributed by atoms with E-state index in [-0.39, 0.29) is 18.2 Å². The molecule has 1 saturated heterocycles. The molecule has 39 heavy (non-hydrogen) atoms. The first kappa shape index (κ1) is 24.7. The number of para-hydroxylation sites is 1. The van der Waals surface area contributed by atoms with Gasteiger partial charge in [-0.3, -0.25) is 9.59 Å². The molecule has 1 fully saturated rings. The molecule has 0 aliphatic carbocycles. The van der Waals surface area contributed by atoms with Gasteiger partial charge in [0.1, 0.15) is 22.7 Å². The lowest BCUT2D eigenvalue weighted by Crippen LogP contribution is -2.28. The molecular formula is C33H30N2O4. The van der Waals surface area contributed by atoms with Crippen molar-refractivity contribution in [1.82, 2.24) is 0 Å². The maximum absolute atomic E-state index is 13.1. The summed E-state index contributed by atoms with van der Waals surface area (Å²) in [5.41, 5.74) is 5.20. The summed E-state index contributed by atoms with van der Waals surface area (Å²) in [6.07, 6.45) is 0.165. The van der Waals surface area contributed by atoms with Gasteiger partial charge in [-0.05, 0) is 72.5 Å². The van der Waals surface area contributed by atoms with E-state index in [0.717, 1.165) is 38.9 Å². The van der Waals surface area contributed by atoms with Crippen LogP contribution in [0.4, 0.5) is 11.4 Å². The van der Waals surface area contributed by atoms with Gasteiger partial charge < -0.3 is 19.4 Å². The Morgan fingerprint density at radius 3 is 2.51 bits per heavy atom. The van der Waals surface area contributed by atoms with Crippen LogP contribution in [0, 0.1) is 12.8 Å². The first-order chi connectivity index (χ1) is 18.9. The van der Waals surface area contributed by atoms with Gasteiger partial charge in [-0.15, -0.1) is 0 Å². The van der Waals surface area contributed by atoms with Gasteiger partial charge in [-0.2, -0.15) is 0 Å². The van der Waals surface area contributed by atoms with Crippen molar-refractivity contribution in [3.05, 3.63) is 96.1 Å². The third-order valence-corrected chi connectivity index (χ3v) is 7.31. The van der Waals surface area contributed by atoms with Crippen molar-refractivity contribution in [3.63, 3.8) is 0 Å². The van der Waals surface area contributed by atoms with Crippen molar-refractivity contribution < 1.29 is 18.7 Å². The van der Waals surface area contributed by atoms with Gasteiger partial charge in [0.05, 0.1) is 5.92 Å². The number of hydrogen-bond donors (Lipinski definition) is 1. The molecule has 2 heterocycles. The lowest BCUT2D eigenvalue weighted by atomic mass is 10.0. The van der Waals surface area contributed by atoms with Crippen LogP contribution in [-0.2, 0) is 9.59 Å². The SMILES string of the molecule is Cc1ccc(C(C)C)c(Oc2ccc(N3C[C@@H](C(=O)Nc4ccc5c(c4)oc4ccccc45)CC3=O)cc2)c1. The monoisotopic (exact) mass is 518 g/mol. The second-order valence-electron chi connectivity index (χ2n) is 10.5. The minimum absolute atomic E-state index is 0.0719. The highest BCUT2D eigenvalue weighted by Crippen LogP contribution is 2.34. The highest BCUT2D eigenvalue weighted by Gasteiger charge is 2.35. The first-order valence-electron chi connectivity index (χ1n) is 13.3. The van der Waals surface area contributed by atoms with E-state index in [1.54, 1.807) is 4.90 Å². The van der Waals surface area contributed by atoms with Gasteiger partial charge in [0.15, 0.2) is 0 Å². The Balaban J connectivity index is 1.13. The maximum atomic E-state index is 13.1. The molecule has 1 aliphatic heterocycles. The number of hydrogen-bond acceptors (Lipinski definition) is 4. The summed E-state index contributed by atoms with van der Waals surface area (Å²) in [6.45, 7) is 6.66. The van der Waals surface area contributed by atoms with E-state index >= 15 is 0 Å². The van der Waals surface area contributed by atoms with Gasteiger partial charge in [-0.1, -0.05) is 44.2 Å². The Hall–Kier alpha value is -4.58. The molecule has 1 atom stereocenters. The number of ether oxygens (including phenoxy) is 1. The number of carbonyl (C=O) groups is 2. The van der Waals surface area contributed by atoms with Crippen LogP contribution in [0.1, 0.15) is 37.3 Å². The number of benzene rings is 4. The molecule has 0 unspecified atom stereocenters. The minimum atomic E-state index is -0.444. The van der Waals surface area contributed by atoms with Crippen molar-refractivity contribution >= 4 is 45.1 Å². The van der Waals surface area contributed by atoms with E-state index in [2.05, 4.69) is 31.3 Å². The number of nitrogens with zero attached hydrogens (tertiary/aromatic N) is 1. The second kappa shape index (κ2) is 9.95. The highest BCUT2D eigenvalue weighted by molar-refractivity contribution is 6.07. The van der Waals surface area contributed by atoms with Gasteiger partial charge >= 0.3 is 0 Å². The molecule has 0 bridgehead atoms. The van der Waals surface area contributed by atoms with Crippen molar-refractivity contribution in [2.45, 2.75) is 33.1 Å². The smallest absolute Gasteiger partial charge is 0.229 e. The standard InChI is InChI=1S/C33H30N2O4/c1-20(2)26-14-8-21(3)16-30(26)38-25-12-10-24(11-13-25)35-19-22(17-32(35)36)33(37)34-23-9-15-28-27-6-4-5-7-29(27)39-31(28)18-23/h4-16,18,20,22H,17,19H2,1-3H3,(H,34,37)/t22-/m0/s1. The Morgan fingerprint density at radius 2 is 1.72 bits per heavy atom. The van der Waals surface area contributed by atoms with Crippen molar-refractivity contribution in [1.29, 1.82) is 0 Å². The van der Waals surface area contributed by atoms with Crippen LogP contribution in [0.2, 0.25) is 0 Å². The third-order valence-electron chi connectivity index (χ3n) is 7.31. The fourth-order valence-corrected chi connectivity index (χ4v) is 5.21. The van der Waals surface area contributed by atoms with E-state index < -0.39 is 5.92 Å². The molecule has 0 radical (unpaired) electrons. The molecule has 1 aliphatic rings. The van der Waals surface area contributed by atoms with Crippen molar-refractivity contribution in [3.8, 4) is 11.5 Å². The largest absolute Gasteiger partial charge is 0.457 e. The van der Waals surface area contributed by atoms with Gasteiger partial charge in [0, 0.05) is 41.2 Å². The fourth-order valence-electron chi connectivity index (χ4n) is 5.21. The summed E-state index contributed by atoms with van der Waals surface area (Å²) in [6, 6.07) is 27.2. The molecule has 6 nitrogen and oxygen atoms in total. The molecule has 2 amide bonds. The van der Waals surface area contributed by atoms with Gasteiger partial charge in [-0.25, -0.2) is 0 Å². The topological polar surface area (TPSA) is 71.8 Å². The average molecular weight is 519 g/mol. The number of anilines is 2. The summed E-state index contributed by atoms with van der Waals surface area (Å²) in [5, 5.41) is 5.01. The zero-order valence-electron chi connectivity index (χ0n) is 22.2. The van der Waals surface area contributed by atoms with Crippen molar-refractivity contribution in [2.75, 3.05) is 16.8 Å².